The van der Waals surface area contributed by atoms with Gasteiger partial charge in [-0.25, -0.2) is 0 Å². The predicted molar refractivity (Wildman–Crippen MR) is 17.6 cm³/mol. The minimum atomic E-state index is 3.66. The van der Waals surface area contributed by atoms with Crippen LogP contribution in [0, 0.1) is 0 Å². The molecule has 0 nitrogen and oxygen atoms in total. The Bertz CT molecular complexity index is 6.00. The van der Waals surface area contributed by atoms with Crippen molar-refractivity contribution >= 4 is 30.3 Å². The summed E-state index contributed by atoms with van der Waals surface area (Å²) >= 11 is 11.0. The van der Waals surface area contributed by atoms with Gasteiger partial charge in [0, 0.05) is 0 Å². The maximum absolute atomic E-state index is 4.20. The van der Waals surface area contributed by atoms with E-state index in [2.05, 4.69) is 75.6 Å². The second kappa shape index (κ2) is 52.1. The molecule has 0 aliphatic carbocycles. The van der Waals surface area contributed by atoms with Gasteiger partial charge >= 0.3 is 75.6 Å². The van der Waals surface area contributed by atoms with Gasteiger partial charge in [-0.1, -0.05) is 0 Å². The van der Waals surface area contributed by atoms with Crippen molar-refractivity contribution in [3.05, 3.63) is 0 Å². The van der Waals surface area contributed by atoms with Crippen molar-refractivity contribution in [2.24, 2.45) is 0 Å². The second-order valence-electron chi connectivity index (χ2n) is 0. The summed E-state index contributed by atoms with van der Waals surface area (Å²) in [5, 5.41) is 0. The Morgan fingerprint density at radius 2 is 0.500 bits per heavy atom. The summed E-state index contributed by atoms with van der Waals surface area (Å²) in [5.74, 6) is 0. The van der Waals surface area contributed by atoms with Gasteiger partial charge in [-0.2, -0.15) is 0 Å². The molecule has 0 N–H and O–H groups in total. The summed E-state index contributed by atoms with van der Waals surface area (Å²) in [6, 6.07) is 0. The molecule has 0 bridgehead atoms. The number of halogens is 3. The molecule has 6 heavy (non-hydrogen) atoms. The molecule has 0 radical (unpaired) electrons. The number of hydrogen-bond acceptors (Lipinski definition) is 0. The van der Waals surface area contributed by atoms with Crippen LogP contribution in [0.15, 0.2) is 0 Å². The molecular weight excluding hydrogens is 297 g/mol. The molecule has 0 saturated heterocycles. The van der Waals surface area contributed by atoms with Gasteiger partial charge in [0.2, 0.25) is 0 Å². The van der Waals surface area contributed by atoms with Gasteiger partial charge in [0.05, 0.1) is 0 Å². The van der Waals surface area contributed by atoms with Crippen LogP contribution in [-0.4, -0.2) is 0 Å². The first-order valence-electron chi connectivity index (χ1n) is 0.342. The van der Waals surface area contributed by atoms with E-state index >= 15 is 0 Å². The van der Waals surface area contributed by atoms with E-state index in [0.29, 0.717) is 0 Å². The Morgan fingerprint density at radius 3 is 0.500 bits per heavy atom. The molecule has 0 aliphatic rings. The zero-order valence-electron chi connectivity index (χ0n) is 2.04. The Morgan fingerprint density at radius 1 is 0.500 bits per heavy atom. The van der Waals surface area contributed by atoms with Crippen molar-refractivity contribution in [1.29, 1.82) is 0 Å². The fraction of sp³-hybridized carbons (Fsp3) is 0. The van der Waals surface area contributed by atoms with E-state index < -0.39 is 0 Å². The topological polar surface area (TPSA) is 0 Å². The Kier molecular flexibility index (Phi) is 137. The van der Waals surface area contributed by atoms with Crippen molar-refractivity contribution < 1.29 is 45.3 Å². The van der Waals surface area contributed by atoms with E-state index in [9.17, 15) is 0 Å². The van der Waals surface area contributed by atoms with Gasteiger partial charge in [0.25, 0.3) is 0 Å². The van der Waals surface area contributed by atoms with Crippen molar-refractivity contribution in [3.8, 4) is 0 Å². The van der Waals surface area contributed by atoms with Crippen molar-refractivity contribution in [3.63, 3.8) is 0 Å². The molecule has 0 aromatic carbocycles. The first kappa shape index (κ1) is 15.8. The summed E-state index contributed by atoms with van der Waals surface area (Å²) in [4.78, 5) is 0. The van der Waals surface area contributed by atoms with Crippen LogP contribution in [0.25, 0.3) is 0 Å². The molecular formula is Cl3Cu3. The van der Waals surface area contributed by atoms with Gasteiger partial charge in [-0.3, -0.25) is 0 Å². The van der Waals surface area contributed by atoms with E-state index in [1.54, 1.807) is 0 Å². The summed E-state index contributed by atoms with van der Waals surface area (Å²) in [6.07, 6.45) is 0. The minimum absolute atomic E-state index is 3.66. The Balaban J connectivity index is -0.0000000225. The summed E-state index contributed by atoms with van der Waals surface area (Å²) in [5.41, 5.74) is 0. The molecule has 0 aromatic rings. The van der Waals surface area contributed by atoms with Crippen LogP contribution in [0.3, 0.4) is 0 Å². The van der Waals surface area contributed by atoms with Gasteiger partial charge in [0.15, 0.2) is 0 Å². The third-order valence-corrected chi connectivity index (χ3v) is 0. The molecule has 54 valence electrons. The maximum atomic E-state index is 4.20. The monoisotopic (exact) mass is 294 g/mol. The van der Waals surface area contributed by atoms with E-state index in [1.807, 2.05) is 0 Å². The molecule has 0 atom stereocenters. The predicted octanol–water partition coefficient (Wildman–Crippen LogP) is 2.06. The first-order chi connectivity index (χ1) is 3.00. The zero-order chi connectivity index (χ0) is 6.00. The average Bonchev–Trinajstić information content (AvgIpc) is 1.81. The molecule has 0 aromatic heterocycles. The zero-order valence-corrected chi connectivity index (χ0v) is 7.13. The van der Waals surface area contributed by atoms with Gasteiger partial charge in [0.1, 0.15) is 0 Å². The van der Waals surface area contributed by atoms with Crippen LogP contribution >= 0.6 is 30.3 Å². The Hall–Kier alpha value is 2.43. The molecule has 6 heteroatoms. The van der Waals surface area contributed by atoms with Crippen LogP contribution in [-0.2, 0) is 45.3 Å². The third-order valence-electron chi connectivity index (χ3n) is 0. The van der Waals surface area contributed by atoms with Crippen LogP contribution < -0.4 is 0 Å². The second-order valence-corrected chi connectivity index (χ2v) is 0. The van der Waals surface area contributed by atoms with E-state index in [0.717, 1.165) is 0 Å². The molecule has 0 unspecified atom stereocenters. The van der Waals surface area contributed by atoms with Crippen LogP contribution in [0.1, 0.15) is 0 Å². The standard InChI is InChI=1S/3ClH.3Cu/h3*1H;;;/q;;;3*+1/p-3. The van der Waals surface area contributed by atoms with E-state index in [-0.39, 0.29) is 0 Å². The van der Waals surface area contributed by atoms with Crippen LogP contribution in [0.4, 0.5) is 0 Å². The fourth-order valence-electron chi connectivity index (χ4n) is 0. The normalized spacial score (nSPS) is 3.50. The third kappa shape index (κ3) is 32.1. The van der Waals surface area contributed by atoms with E-state index in [4.69, 9.17) is 0 Å². The molecule has 0 heterocycles. The number of rotatable bonds is 0. The number of hydrogen-bond donors (Lipinski definition) is 0. The van der Waals surface area contributed by atoms with Gasteiger partial charge in [-0.05, 0) is 0 Å². The van der Waals surface area contributed by atoms with Crippen molar-refractivity contribution in [2.75, 3.05) is 0 Å². The first-order valence-corrected chi connectivity index (χ1v) is 4.23. The fourth-order valence-corrected chi connectivity index (χ4v) is 0. The average molecular weight is 297 g/mol. The van der Waals surface area contributed by atoms with Crippen LogP contribution in [0.2, 0.25) is 0 Å². The molecule has 0 fully saturated rings. The van der Waals surface area contributed by atoms with Crippen molar-refractivity contribution in [2.45, 2.75) is 0 Å². The molecule has 0 saturated carbocycles. The molecule has 0 aliphatic heterocycles. The summed E-state index contributed by atoms with van der Waals surface area (Å²) < 4.78 is 0. The van der Waals surface area contributed by atoms with Gasteiger partial charge in [-0.15, -0.1) is 0 Å². The molecule has 0 rings (SSSR count). The Labute approximate surface area is 74.8 Å². The molecule has 0 spiro atoms. The SMILES string of the molecule is [Cl][Cu].[Cl][Cu].[Cl][Cu]. The van der Waals surface area contributed by atoms with E-state index in [1.165, 1.54) is 0 Å². The summed E-state index contributed by atoms with van der Waals surface area (Å²) in [7, 11) is 12.6. The summed E-state index contributed by atoms with van der Waals surface area (Å²) in [6.45, 7) is 0. The molecule has 0 amide bonds. The van der Waals surface area contributed by atoms with Gasteiger partial charge < -0.3 is 0 Å². The quantitative estimate of drug-likeness (QED) is 0.600. The van der Waals surface area contributed by atoms with Crippen LogP contribution in [0.5, 0.6) is 0 Å². The van der Waals surface area contributed by atoms with Crippen molar-refractivity contribution in [1.82, 2.24) is 0 Å².